The van der Waals surface area contributed by atoms with Crippen LogP contribution >= 0.6 is 11.6 Å². The molecule has 0 saturated carbocycles. The monoisotopic (exact) mass is 277 g/mol. The first-order valence-corrected chi connectivity index (χ1v) is 4.60. The zero-order chi connectivity index (χ0) is 13.4. The topological polar surface area (TPSA) is 26.0 Å². The quantitative estimate of drug-likeness (QED) is 0.820. The summed E-state index contributed by atoms with van der Waals surface area (Å²) < 4.78 is 74.5. The summed E-state index contributed by atoms with van der Waals surface area (Å²) in [6.07, 6.45) is -5.80. The van der Waals surface area contributed by atoms with Crippen molar-refractivity contribution in [1.82, 2.24) is 0 Å². The number of nitrogens with two attached hydrogens (primary N) is 1. The third-order valence-corrected chi connectivity index (χ3v) is 2.39. The summed E-state index contributed by atoms with van der Waals surface area (Å²) in [6, 6.07) is -0.672. The highest BCUT2D eigenvalue weighted by atomic mass is 35.5. The van der Waals surface area contributed by atoms with Gasteiger partial charge in [-0.2, -0.15) is 22.0 Å². The van der Waals surface area contributed by atoms with Crippen LogP contribution in [-0.4, -0.2) is 12.1 Å². The summed E-state index contributed by atoms with van der Waals surface area (Å²) in [5.74, 6) is -6.00. The Labute approximate surface area is 97.2 Å². The second-order valence-corrected chi connectivity index (χ2v) is 3.67. The molecule has 1 rings (SSSR count). The van der Waals surface area contributed by atoms with E-state index >= 15 is 0 Å². The van der Waals surface area contributed by atoms with E-state index in [1.165, 1.54) is 0 Å². The van der Waals surface area contributed by atoms with Crippen molar-refractivity contribution in [1.29, 1.82) is 0 Å². The van der Waals surface area contributed by atoms with Gasteiger partial charge in [0.2, 0.25) is 0 Å². The molecule has 8 heteroatoms. The van der Waals surface area contributed by atoms with E-state index in [-0.39, 0.29) is 0 Å². The molecule has 96 valence electrons. The molecule has 0 saturated heterocycles. The van der Waals surface area contributed by atoms with E-state index in [4.69, 9.17) is 17.3 Å². The van der Waals surface area contributed by atoms with Crippen LogP contribution in [0.25, 0.3) is 0 Å². The molecule has 0 aliphatic heterocycles. The van der Waals surface area contributed by atoms with Gasteiger partial charge in [-0.05, 0) is 17.7 Å². The highest BCUT2D eigenvalue weighted by molar-refractivity contribution is 6.31. The Balaban J connectivity index is 3.17. The molecule has 1 atom stereocenters. The molecular formula is C9H6ClF6N. The molecule has 0 radical (unpaired) electrons. The maximum absolute atomic E-state index is 12.9. The van der Waals surface area contributed by atoms with Crippen molar-refractivity contribution in [3.05, 3.63) is 34.6 Å². The molecule has 17 heavy (non-hydrogen) atoms. The highest BCUT2D eigenvalue weighted by Crippen LogP contribution is 2.44. The van der Waals surface area contributed by atoms with E-state index in [1.54, 1.807) is 0 Å². The van der Waals surface area contributed by atoms with Gasteiger partial charge in [0.15, 0.2) is 0 Å². The molecule has 0 unspecified atom stereocenters. The van der Waals surface area contributed by atoms with Crippen molar-refractivity contribution in [2.45, 2.75) is 18.1 Å². The lowest BCUT2D eigenvalue weighted by atomic mass is 10.0. The van der Waals surface area contributed by atoms with Gasteiger partial charge in [-0.25, -0.2) is 4.39 Å². The molecule has 0 aromatic heterocycles. The van der Waals surface area contributed by atoms with Crippen molar-refractivity contribution in [2.75, 3.05) is 0 Å². The number of halogens is 7. The number of hydrogen-bond acceptors (Lipinski definition) is 1. The highest BCUT2D eigenvalue weighted by Gasteiger charge is 2.62. The first kappa shape index (κ1) is 14.1. The van der Waals surface area contributed by atoms with Gasteiger partial charge in [-0.1, -0.05) is 17.7 Å². The second-order valence-electron chi connectivity index (χ2n) is 3.26. The molecule has 1 nitrogen and oxygen atoms in total. The summed E-state index contributed by atoms with van der Waals surface area (Å²) in [5, 5.41) is -0.582. The van der Waals surface area contributed by atoms with Gasteiger partial charge in [0, 0.05) is 5.02 Å². The van der Waals surface area contributed by atoms with E-state index in [9.17, 15) is 26.3 Å². The molecule has 0 fully saturated rings. The maximum atomic E-state index is 12.9. The van der Waals surface area contributed by atoms with Crippen LogP contribution in [-0.2, 0) is 0 Å². The van der Waals surface area contributed by atoms with Crippen LogP contribution < -0.4 is 5.73 Å². The number of hydrogen-bond donors (Lipinski definition) is 1. The third-order valence-electron chi connectivity index (χ3n) is 2.07. The number of rotatable bonds is 2. The average molecular weight is 278 g/mol. The maximum Gasteiger partial charge on any atom is 0.455 e. The van der Waals surface area contributed by atoms with Crippen molar-refractivity contribution in [3.8, 4) is 0 Å². The van der Waals surface area contributed by atoms with Crippen LogP contribution in [0.3, 0.4) is 0 Å². The largest absolute Gasteiger partial charge is 0.455 e. The second kappa shape index (κ2) is 4.38. The molecule has 0 amide bonds. The van der Waals surface area contributed by atoms with Crippen LogP contribution in [0, 0.1) is 5.82 Å². The molecule has 0 aliphatic rings. The molecule has 0 heterocycles. The van der Waals surface area contributed by atoms with Gasteiger partial charge in [0.05, 0.1) is 0 Å². The molecule has 0 spiro atoms. The van der Waals surface area contributed by atoms with Crippen molar-refractivity contribution < 1.29 is 26.3 Å². The van der Waals surface area contributed by atoms with Crippen molar-refractivity contribution >= 4 is 11.6 Å². The van der Waals surface area contributed by atoms with E-state index in [2.05, 4.69) is 0 Å². The van der Waals surface area contributed by atoms with E-state index in [1.807, 2.05) is 0 Å². The first-order chi connectivity index (χ1) is 7.57. The van der Waals surface area contributed by atoms with Crippen LogP contribution in [0.2, 0.25) is 5.02 Å². The summed E-state index contributed by atoms with van der Waals surface area (Å²) in [6.45, 7) is 0. The van der Waals surface area contributed by atoms with Crippen molar-refractivity contribution in [3.63, 3.8) is 0 Å². The zero-order valence-corrected chi connectivity index (χ0v) is 8.79. The van der Waals surface area contributed by atoms with E-state index < -0.39 is 34.5 Å². The van der Waals surface area contributed by atoms with E-state index in [0.717, 1.165) is 0 Å². The Morgan fingerprint density at radius 2 is 1.65 bits per heavy atom. The normalized spacial score (nSPS) is 14.8. The molecule has 1 aromatic rings. The van der Waals surface area contributed by atoms with Gasteiger partial charge in [0.25, 0.3) is 0 Å². The first-order valence-electron chi connectivity index (χ1n) is 4.22. The summed E-state index contributed by atoms with van der Waals surface area (Å²) in [4.78, 5) is 0. The molecular weight excluding hydrogens is 272 g/mol. The zero-order valence-electron chi connectivity index (χ0n) is 8.03. The molecule has 2 N–H and O–H groups in total. The minimum absolute atomic E-state index is 0.582. The molecule has 0 bridgehead atoms. The summed E-state index contributed by atoms with van der Waals surface area (Å²) in [5.41, 5.74) is 4.16. The summed E-state index contributed by atoms with van der Waals surface area (Å²) in [7, 11) is 0. The SMILES string of the molecule is N[C@H](c1ccc(F)cc1Cl)C(F)(F)C(F)(F)F. The van der Waals surface area contributed by atoms with Gasteiger partial charge >= 0.3 is 12.1 Å². The van der Waals surface area contributed by atoms with Gasteiger partial charge < -0.3 is 5.73 Å². The molecule has 1 aromatic carbocycles. The van der Waals surface area contributed by atoms with E-state index in [0.29, 0.717) is 18.2 Å². The average Bonchev–Trinajstić information content (AvgIpc) is 2.14. The number of benzene rings is 1. The Kier molecular flexibility index (Phi) is 3.63. The Morgan fingerprint density at radius 3 is 2.06 bits per heavy atom. The lowest BCUT2D eigenvalue weighted by Crippen LogP contribution is -2.45. The Morgan fingerprint density at radius 1 is 1.12 bits per heavy atom. The fourth-order valence-corrected chi connectivity index (χ4v) is 1.41. The fourth-order valence-electron chi connectivity index (χ4n) is 1.13. The summed E-state index contributed by atoms with van der Waals surface area (Å²) >= 11 is 5.36. The predicted molar refractivity (Wildman–Crippen MR) is 49.3 cm³/mol. The standard InChI is InChI=1S/C9H6ClF6N/c10-6-3-4(11)1-2-5(6)7(17)8(12,13)9(14,15)16/h1-3,7H,17H2/t7-/m1/s1. The lowest BCUT2D eigenvalue weighted by Gasteiger charge is -2.26. The smallest absolute Gasteiger partial charge is 0.319 e. The molecule has 0 aliphatic carbocycles. The van der Waals surface area contributed by atoms with Gasteiger partial charge in [-0.3, -0.25) is 0 Å². The fraction of sp³-hybridized carbons (Fsp3) is 0.333. The van der Waals surface area contributed by atoms with Crippen LogP contribution in [0.1, 0.15) is 11.6 Å². The van der Waals surface area contributed by atoms with Crippen LogP contribution in [0.4, 0.5) is 26.3 Å². The Bertz CT molecular complexity index is 416. The van der Waals surface area contributed by atoms with Crippen LogP contribution in [0.5, 0.6) is 0 Å². The minimum atomic E-state index is -5.80. The Hall–Kier alpha value is -0.950. The minimum Gasteiger partial charge on any atom is -0.319 e. The van der Waals surface area contributed by atoms with Crippen LogP contribution in [0.15, 0.2) is 18.2 Å². The van der Waals surface area contributed by atoms with Gasteiger partial charge in [-0.15, -0.1) is 0 Å². The number of alkyl halides is 5. The predicted octanol–water partition coefficient (Wildman–Crippen LogP) is 3.68. The third kappa shape index (κ3) is 2.66. The lowest BCUT2D eigenvalue weighted by molar-refractivity contribution is -0.290. The van der Waals surface area contributed by atoms with Crippen molar-refractivity contribution in [2.24, 2.45) is 5.73 Å². The van der Waals surface area contributed by atoms with Gasteiger partial charge in [0.1, 0.15) is 11.9 Å².